The Morgan fingerprint density at radius 1 is 1.12 bits per heavy atom. The molecule has 9 nitrogen and oxygen atoms in total. The van der Waals surface area contributed by atoms with Crippen LogP contribution in [0.5, 0.6) is 0 Å². The quantitative estimate of drug-likeness (QED) is 0.468. The van der Waals surface area contributed by atoms with Crippen LogP contribution < -0.4 is 11.3 Å². The maximum atomic E-state index is 11.9. The van der Waals surface area contributed by atoms with Crippen molar-refractivity contribution in [3.05, 3.63) is 44.9 Å². The van der Waals surface area contributed by atoms with Crippen LogP contribution in [0, 0.1) is 17.8 Å². The molecule has 1 N–H and O–H groups in total. The van der Waals surface area contributed by atoms with Crippen molar-refractivity contribution in [1.82, 2.24) is 24.6 Å². The van der Waals surface area contributed by atoms with E-state index in [4.69, 9.17) is 13.9 Å². The average molecular weight is 447 g/mol. The van der Waals surface area contributed by atoms with E-state index in [1.54, 1.807) is 6.07 Å². The molecule has 170 valence electrons. The highest BCUT2D eigenvalue weighted by Crippen LogP contribution is 2.58. The first kappa shape index (κ1) is 19.3. The molecule has 4 heterocycles. The maximum absolute atomic E-state index is 11.9. The summed E-state index contributed by atoms with van der Waals surface area (Å²) in [6.45, 7) is 7.70. The van der Waals surface area contributed by atoms with Gasteiger partial charge in [0.05, 0.1) is 10.9 Å². The highest BCUT2D eigenvalue weighted by molar-refractivity contribution is 6.07. The lowest BCUT2D eigenvalue weighted by Gasteiger charge is -2.18. The Morgan fingerprint density at radius 2 is 1.88 bits per heavy atom. The van der Waals surface area contributed by atoms with Crippen molar-refractivity contribution in [3.8, 4) is 11.5 Å². The Balaban J connectivity index is 1.28. The van der Waals surface area contributed by atoms with Gasteiger partial charge in [0.1, 0.15) is 5.69 Å². The summed E-state index contributed by atoms with van der Waals surface area (Å²) in [5.41, 5.74) is 0.921. The smallest absolute Gasteiger partial charge is 0.414 e. The highest BCUT2D eigenvalue weighted by atomic mass is 16.5. The lowest BCUT2D eigenvalue weighted by atomic mass is 10.1. The Hall–Kier alpha value is -3.20. The number of nitrogens with one attached hydrogen (secondary N) is 1. The zero-order chi connectivity index (χ0) is 22.4. The molecule has 3 aromatic heterocycles. The molecule has 2 aliphatic carbocycles. The normalized spacial score (nSPS) is 24.9. The fourth-order valence-corrected chi connectivity index (χ4v) is 5.72. The second kappa shape index (κ2) is 6.66. The standard InChI is InChI=1S/C24H25N5O4/c1-11(2)29-16-5-6-17-21(33-24(31)23(30)32-17)19(16)20(27-29)22-25-7-15(26-22)18-13-9-28(10-14(13)18)8-12-3-4-12/h5-7,11-14,18H,3-4,8-10H2,1-2H3,(H,25,26). The molecule has 2 atom stereocenters. The summed E-state index contributed by atoms with van der Waals surface area (Å²) in [5, 5.41) is 5.43. The van der Waals surface area contributed by atoms with Gasteiger partial charge in [-0.3, -0.25) is 4.68 Å². The molecule has 0 amide bonds. The number of rotatable bonds is 5. The van der Waals surface area contributed by atoms with Gasteiger partial charge in [0.25, 0.3) is 0 Å². The SMILES string of the molecule is CC(C)n1nc(-c2ncc(C3C4CN(CC5CC5)CC43)[nH]2)c2c3oc(=O)c(=O)oc3ccc21. The molecule has 33 heavy (non-hydrogen) atoms. The van der Waals surface area contributed by atoms with E-state index in [1.807, 2.05) is 30.8 Å². The second-order valence-corrected chi connectivity index (χ2v) is 10.2. The molecular weight excluding hydrogens is 422 g/mol. The summed E-state index contributed by atoms with van der Waals surface area (Å²) in [7, 11) is 0. The molecule has 4 aromatic rings. The second-order valence-electron chi connectivity index (χ2n) is 10.2. The number of aromatic amines is 1. The third kappa shape index (κ3) is 2.95. The zero-order valence-corrected chi connectivity index (χ0v) is 18.6. The third-order valence-electron chi connectivity index (χ3n) is 7.51. The van der Waals surface area contributed by atoms with Gasteiger partial charge in [-0.05, 0) is 56.6 Å². The molecule has 2 unspecified atom stereocenters. The van der Waals surface area contributed by atoms with Crippen molar-refractivity contribution in [3.63, 3.8) is 0 Å². The highest BCUT2D eigenvalue weighted by Gasteiger charge is 2.57. The summed E-state index contributed by atoms with van der Waals surface area (Å²) >= 11 is 0. The summed E-state index contributed by atoms with van der Waals surface area (Å²) in [6.07, 6.45) is 4.72. The van der Waals surface area contributed by atoms with Gasteiger partial charge in [-0.1, -0.05) is 0 Å². The van der Waals surface area contributed by atoms with E-state index in [9.17, 15) is 9.59 Å². The summed E-state index contributed by atoms with van der Waals surface area (Å²) in [6, 6.07) is 3.55. The van der Waals surface area contributed by atoms with Crippen molar-refractivity contribution in [1.29, 1.82) is 0 Å². The molecule has 3 fully saturated rings. The van der Waals surface area contributed by atoms with Crippen molar-refractivity contribution < 1.29 is 8.83 Å². The summed E-state index contributed by atoms with van der Waals surface area (Å²) in [5.74, 6) is 3.50. The van der Waals surface area contributed by atoms with Crippen LogP contribution in [0.2, 0.25) is 0 Å². The van der Waals surface area contributed by atoms with Gasteiger partial charge in [0.2, 0.25) is 0 Å². The minimum atomic E-state index is -1.03. The molecule has 0 spiro atoms. The van der Waals surface area contributed by atoms with Crippen LogP contribution in [0.15, 0.2) is 36.8 Å². The lowest BCUT2D eigenvalue weighted by Crippen LogP contribution is -2.26. The van der Waals surface area contributed by atoms with Gasteiger partial charge in [-0.2, -0.15) is 5.10 Å². The summed E-state index contributed by atoms with van der Waals surface area (Å²) in [4.78, 5) is 34.4. The van der Waals surface area contributed by atoms with Crippen LogP contribution in [0.1, 0.15) is 44.3 Å². The third-order valence-corrected chi connectivity index (χ3v) is 7.51. The minimum absolute atomic E-state index is 0.0795. The predicted octanol–water partition coefficient (Wildman–Crippen LogP) is 3.12. The fraction of sp³-hybridized carbons (Fsp3) is 0.500. The number of likely N-dealkylation sites (tertiary alicyclic amines) is 1. The molecule has 9 heteroatoms. The number of hydrogen-bond acceptors (Lipinski definition) is 7. The van der Waals surface area contributed by atoms with E-state index in [-0.39, 0.29) is 17.2 Å². The molecule has 7 rings (SSSR count). The van der Waals surface area contributed by atoms with Crippen LogP contribution >= 0.6 is 0 Å². The van der Waals surface area contributed by atoms with Crippen LogP contribution in [0.25, 0.3) is 33.6 Å². The Kier molecular flexibility index (Phi) is 3.89. The number of piperidine rings is 1. The van der Waals surface area contributed by atoms with E-state index < -0.39 is 11.3 Å². The van der Waals surface area contributed by atoms with Gasteiger partial charge < -0.3 is 18.7 Å². The van der Waals surface area contributed by atoms with Crippen LogP contribution in [0.4, 0.5) is 0 Å². The molecule has 0 bridgehead atoms. The molecule has 1 aromatic carbocycles. The summed E-state index contributed by atoms with van der Waals surface area (Å²) < 4.78 is 12.4. The topological polar surface area (TPSA) is 110 Å². The maximum Gasteiger partial charge on any atom is 0.423 e. The number of aromatic nitrogens is 4. The van der Waals surface area contributed by atoms with Crippen LogP contribution in [-0.2, 0) is 0 Å². The van der Waals surface area contributed by atoms with Gasteiger partial charge in [0, 0.05) is 43.5 Å². The zero-order valence-electron chi connectivity index (χ0n) is 18.6. The van der Waals surface area contributed by atoms with Crippen molar-refractivity contribution in [2.45, 2.75) is 38.6 Å². The number of imidazole rings is 1. The van der Waals surface area contributed by atoms with Crippen molar-refractivity contribution in [2.24, 2.45) is 17.8 Å². The number of hydrogen-bond donors (Lipinski definition) is 1. The van der Waals surface area contributed by atoms with Gasteiger partial charge in [0.15, 0.2) is 17.0 Å². The molecule has 1 aliphatic heterocycles. The van der Waals surface area contributed by atoms with Crippen molar-refractivity contribution >= 4 is 22.1 Å². The molecule has 1 saturated heterocycles. The lowest BCUT2D eigenvalue weighted by molar-refractivity contribution is 0.285. The van der Waals surface area contributed by atoms with E-state index in [0.29, 0.717) is 34.7 Å². The molecule has 0 radical (unpaired) electrons. The fourth-order valence-electron chi connectivity index (χ4n) is 5.72. The Labute approximate surface area is 188 Å². The van der Waals surface area contributed by atoms with Gasteiger partial charge in [-0.15, -0.1) is 0 Å². The number of fused-ring (bicyclic) bond motifs is 4. The number of nitrogens with zero attached hydrogens (tertiary/aromatic N) is 4. The first-order valence-corrected chi connectivity index (χ1v) is 11.7. The molecule has 2 saturated carbocycles. The van der Waals surface area contributed by atoms with Crippen molar-refractivity contribution in [2.75, 3.05) is 19.6 Å². The van der Waals surface area contributed by atoms with Gasteiger partial charge >= 0.3 is 11.3 Å². The number of H-pyrrole nitrogens is 1. The van der Waals surface area contributed by atoms with E-state index in [1.165, 1.54) is 32.5 Å². The molecular formula is C24H25N5O4. The largest absolute Gasteiger partial charge is 0.423 e. The van der Waals surface area contributed by atoms with Crippen LogP contribution in [-0.4, -0.2) is 44.3 Å². The first-order chi connectivity index (χ1) is 16.0. The minimum Gasteiger partial charge on any atom is -0.414 e. The Morgan fingerprint density at radius 3 is 2.61 bits per heavy atom. The van der Waals surface area contributed by atoms with E-state index in [0.717, 1.165) is 17.1 Å². The predicted molar refractivity (Wildman–Crippen MR) is 121 cm³/mol. The Bertz CT molecular complexity index is 1510. The monoisotopic (exact) mass is 447 g/mol. The van der Waals surface area contributed by atoms with Crippen LogP contribution in [0.3, 0.4) is 0 Å². The average Bonchev–Trinajstić information content (AvgIpc) is 3.51. The molecule has 3 aliphatic rings. The van der Waals surface area contributed by atoms with Gasteiger partial charge in [-0.25, -0.2) is 14.6 Å². The van der Waals surface area contributed by atoms with E-state index >= 15 is 0 Å². The van der Waals surface area contributed by atoms with E-state index in [2.05, 4.69) is 14.9 Å². The first-order valence-electron chi connectivity index (χ1n) is 11.7. The number of benzene rings is 1.